The minimum atomic E-state index is -0.652. The Bertz CT molecular complexity index is 1030. The standard InChI is InChI=1S/C19H24N6O4/c1-4-11-5-10-6-16(28-2)17(29-3)7-12(10)14-8-15(26)13(9-25(11)14)18(27)22-19(23-20)24-21/h6-9,11H,4-5,20-21H2,1-3H3,(H2,22,23,24,27)/t11-/m1/s1. The largest absolute Gasteiger partial charge is 0.493 e. The van der Waals surface area contributed by atoms with E-state index >= 15 is 0 Å². The van der Waals surface area contributed by atoms with Crippen molar-refractivity contribution < 1.29 is 14.3 Å². The first-order valence-electron chi connectivity index (χ1n) is 9.04. The molecule has 6 N–H and O–H groups in total. The third-order valence-electron chi connectivity index (χ3n) is 5.03. The maximum Gasteiger partial charge on any atom is 0.263 e. The molecule has 0 fully saturated rings. The molecule has 0 aliphatic carbocycles. The summed E-state index contributed by atoms with van der Waals surface area (Å²) in [6.45, 7) is 2.05. The van der Waals surface area contributed by atoms with Crippen molar-refractivity contribution in [3.63, 3.8) is 0 Å². The number of hydrogen-bond acceptors (Lipinski definition) is 7. The van der Waals surface area contributed by atoms with Crippen LogP contribution >= 0.6 is 0 Å². The lowest BCUT2D eigenvalue weighted by Crippen LogP contribution is -2.46. The molecule has 1 atom stereocenters. The van der Waals surface area contributed by atoms with E-state index in [0.29, 0.717) is 17.2 Å². The first kappa shape index (κ1) is 20.2. The molecule has 1 amide bonds. The average Bonchev–Trinajstić information content (AvgIpc) is 2.75. The van der Waals surface area contributed by atoms with Gasteiger partial charge in [0.05, 0.1) is 19.9 Å². The van der Waals surface area contributed by atoms with E-state index in [1.54, 1.807) is 20.4 Å². The molecule has 10 heteroatoms. The van der Waals surface area contributed by atoms with Crippen LogP contribution in [0, 0.1) is 0 Å². The summed E-state index contributed by atoms with van der Waals surface area (Å²) in [4.78, 5) is 25.2. The van der Waals surface area contributed by atoms with Gasteiger partial charge in [-0.05, 0) is 30.5 Å². The number of benzene rings is 1. The molecule has 29 heavy (non-hydrogen) atoms. The zero-order chi connectivity index (χ0) is 21.1. The number of carbonyl (C=O) groups excluding carboxylic acids is 1. The van der Waals surface area contributed by atoms with Crippen LogP contribution in [0.1, 0.15) is 35.3 Å². The number of fused-ring (bicyclic) bond motifs is 3. The smallest absolute Gasteiger partial charge is 0.263 e. The number of carbonyl (C=O) groups is 1. The summed E-state index contributed by atoms with van der Waals surface area (Å²) < 4.78 is 12.8. The molecule has 0 saturated carbocycles. The van der Waals surface area contributed by atoms with E-state index in [2.05, 4.69) is 22.8 Å². The van der Waals surface area contributed by atoms with E-state index in [1.807, 2.05) is 16.7 Å². The fourth-order valence-electron chi connectivity index (χ4n) is 3.54. The van der Waals surface area contributed by atoms with Crippen molar-refractivity contribution in [1.82, 2.24) is 15.3 Å². The number of hydrazone groups is 1. The second-order valence-corrected chi connectivity index (χ2v) is 6.55. The molecule has 2 aromatic rings. The molecule has 0 bridgehead atoms. The Hall–Kier alpha value is -3.53. The molecule has 0 radical (unpaired) electrons. The van der Waals surface area contributed by atoms with Crippen LogP contribution in [0.5, 0.6) is 11.5 Å². The van der Waals surface area contributed by atoms with Crippen molar-refractivity contribution in [2.45, 2.75) is 25.8 Å². The number of nitrogens with two attached hydrogens (primary N) is 2. The topological polar surface area (TPSA) is 146 Å². The highest BCUT2D eigenvalue weighted by molar-refractivity contribution is 6.05. The lowest BCUT2D eigenvalue weighted by molar-refractivity contribution is 0.0973. The Morgan fingerprint density at radius 1 is 1.28 bits per heavy atom. The van der Waals surface area contributed by atoms with E-state index < -0.39 is 11.3 Å². The lowest BCUT2D eigenvalue weighted by atomic mass is 9.90. The summed E-state index contributed by atoms with van der Waals surface area (Å²) >= 11 is 0. The summed E-state index contributed by atoms with van der Waals surface area (Å²) in [5, 5.41) is 5.67. The van der Waals surface area contributed by atoms with Crippen LogP contribution in [0.15, 0.2) is 34.3 Å². The van der Waals surface area contributed by atoms with Crippen molar-refractivity contribution in [2.75, 3.05) is 14.2 Å². The van der Waals surface area contributed by atoms with Gasteiger partial charge in [0, 0.05) is 23.9 Å². The Labute approximate surface area is 167 Å². The van der Waals surface area contributed by atoms with Crippen LogP contribution in [0.2, 0.25) is 0 Å². The Morgan fingerprint density at radius 3 is 2.55 bits per heavy atom. The van der Waals surface area contributed by atoms with Gasteiger partial charge in [-0.15, -0.1) is 5.10 Å². The second kappa shape index (κ2) is 8.23. The normalized spacial score (nSPS) is 15.2. The van der Waals surface area contributed by atoms with Gasteiger partial charge in [-0.2, -0.15) is 0 Å². The molecule has 154 valence electrons. The minimum absolute atomic E-state index is 0.0347. The first-order chi connectivity index (χ1) is 14.0. The number of rotatable bonds is 4. The van der Waals surface area contributed by atoms with Crippen LogP contribution in [-0.2, 0) is 6.42 Å². The van der Waals surface area contributed by atoms with Crippen molar-refractivity contribution in [1.29, 1.82) is 0 Å². The molecule has 1 aliphatic heterocycles. The summed E-state index contributed by atoms with van der Waals surface area (Å²) in [7, 11) is 3.15. The van der Waals surface area contributed by atoms with Gasteiger partial charge in [0.15, 0.2) is 16.9 Å². The molecule has 3 rings (SSSR count). The molecular weight excluding hydrogens is 376 g/mol. The van der Waals surface area contributed by atoms with Crippen LogP contribution in [-0.4, -0.2) is 30.7 Å². The number of hydrazine groups is 1. The van der Waals surface area contributed by atoms with E-state index in [9.17, 15) is 9.59 Å². The van der Waals surface area contributed by atoms with Gasteiger partial charge in [0.1, 0.15) is 5.56 Å². The number of hydrogen-bond donors (Lipinski definition) is 4. The Balaban J connectivity index is 2.14. The third-order valence-corrected chi connectivity index (χ3v) is 5.03. The predicted molar refractivity (Wildman–Crippen MR) is 109 cm³/mol. The highest BCUT2D eigenvalue weighted by Crippen LogP contribution is 2.41. The van der Waals surface area contributed by atoms with Gasteiger partial charge in [-0.1, -0.05) is 6.92 Å². The molecule has 0 unspecified atom stereocenters. The van der Waals surface area contributed by atoms with E-state index in [0.717, 1.165) is 24.0 Å². The van der Waals surface area contributed by atoms with Gasteiger partial charge in [-0.25, -0.2) is 5.84 Å². The first-order valence-corrected chi connectivity index (χ1v) is 9.04. The molecule has 1 aromatic heterocycles. The number of pyridine rings is 1. The zero-order valence-electron chi connectivity index (χ0n) is 16.5. The molecule has 1 aromatic carbocycles. The molecule has 10 nitrogen and oxygen atoms in total. The number of amides is 1. The van der Waals surface area contributed by atoms with Crippen LogP contribution in [0.4, 0.5) is 0 Å². The average molecular weight is 400 g/mol. The quantitative estimate of drug-likeness (QED) is 0.252. The van der Waals surface area contributed by atoms with Gasteiger partial charge in [0.2, 0.25) is 5.96 Å². The van der Waals surface area contributed by atoms with E-state index in [-0.39, 0.29) is 17.6 Å². The predicted octanol–water partition coefficient (Wildman–Crippen LogP) is 0.463. The molecular formula is C19H24N6O4. The monoisotopic (exact) mass is 400 g/mol. The summed E-state index contributed by atoms with van der Waals surface area (Å²) in [5.74, 6) is 10.8. The number of guanidine groups is 1. The van der Waals surface area contributed by atoms with Crippen molar-refractivity contribution in [2.24, 2.45) is 16.8 Å². The van der Waals surface area contributed by atoms with Crippen molar-refractivity contribution >= 4 is 11.9 Å². The minimum Gasteiger partial charge on any atom is -0.493 e. The maximum atomic E-state index is 12.7. The molecule has 1 aliphatic rings. The van der Waals surface area contributed by atoms with Crippen molar-refractivity contribution in [3.05, 3.63) is 45.7 Å². The number of nitrogens with one attached hydrogen (secondary N) is 2. The fourth-order valence-corrected chi connectivity index (χ4v) is 3.54. The number of ether oxygens (including phenoxy) is 2. The number of aromatic nitrogens is 1. The molecule has 0 saturated heterocycles. The van der Waals surface area contributed by atoms with Crippen molar-refractivity contribution in [3.8, 4) is 22.8 Å². The lowest BCUT2D eigenvalue weighted by Gasteiger charge is -2.31. The van der Waals surface area contributed by atoms with Crippen LogP contribution in [0.3, 0.4) is 0 Å². The Morgan fingerprint density at radius 2 is 1.97 bits per heavy atom. The van der Waals surface area contributed by atoms with Crippen LogP contribution in [0.25, 0.3) is 11.3 Å². The van der Waals surface area contributed by atoms with Gasteiger partial charge in [0.25, 0.3) is 5.91 Å². The zero-order valence-corrected chi connectivity index (χ0v) is 16.5. The van der Waals surface area contributed by atoms with E-state index in [1.165, 1.54) is 6.07 Å². The van der Waals surface area contributed by atoms with Gasteiger partial charge >= 0.3 is 0 Å². The number of nitrogens with zero attached hydrogens (tertiary/aromatic N) is 2. The van der Waals surface area contributed by atoms with E-state index in [4.69, 9.17) is 21.2 Å². The molecule has 0 spiro atoms. The Kier molecular flexibility index (Phi) is 5.74. The third kappa shape index (κ3) is 3.61. The summed E-state index contributed by atoms with van der Waals surface area (Å²) in [6.07, 6.45) is 3.10. The highest BCUT2D eigenvalue weighted by atomic mass is 16.5. The fraction of sp³-hybridized carbons (Fsp3) is 0.316. The molecule has 2 heterocycles. The maximum absolute atomic E-state index is 12.7. The summed E-state index contributed by atoms with van der Waals surface area (Å²) in [5.41, 5.74) is 4.31. The SMILES string of the molecule is CC[C@@H]1Cc2cc(OC)c(OC)cc2-c2cc(=O)c(C(=O)N/C(=N/N)NN)cn21. The van der Waals surface area contributed by atoms with Crippen LogP contribution < -0.4 is 37.3 Å². The highest BCUT2D eigenvalue weighted by Gasteiger charge is 2.27. The van der Waals surface area contributed by atoms with Gasteiger partial charge in [-0.3, -0.25) is 20.3 Å². The second-order valence-electron chi connectivity index (χ2n) is 6.55. The summed E-state index contributed by atoms with van der Waals surface area (Å²) in [6, 6.07) is 5.31. The van der Waals surface area contributed by atoms with Gasteiger partial charge < -0.3 is 19.9 Å². The number of methoxy groups -OCH3 is 2.